The standard InChI is InChI=1S/C16H27N3O4/c1-14(20)18-8-10-19(11-9-18)15(21)2-5-17-6-3-16(4-7-17)22-12-13-23-16/h2-13H2,1H3. The number of likely N-dealkylation sites (tertiary alicyclic amines) is 1. The van der Waals surface area contributed by atoms with E-state index in [1.165, 1.54) is 0 Å². The van der Waals surface area contributed by atoms with Gasteiger partial charge in [-0.2, -0.15) is 0 Å². The van der Waals surface area contributed by atoms with Crippen molar-refractivity contribution in [3.8, 4) is 0 Å². The second kappa shape index (κ2) is 7.15. The van der Waals surface area contributed by atoms with E-state index in [1.54, 1.807) is 11.8 Å². The number of hydrogen-bond donors (Lipinski definition) is 0. The van der Waals surface area contributed by atoms with E-state index in [4.69, 9.17) is 9.47 Å². The minimum atomic E-state index is -0.344. The third kappa shape index (κ3) is 4.02. The monoisotopic (exact) mass is 325 g/mol. The molecule has 0 atom stereocenters. The highest BCUT2D eigenvalue weighted by atomic mass is 16.7. The van der Waals surface area contributed by atoms with Crippen molar-refractivity contribution in [1.82, 2.24) is 14.7 Å². The number of piperazine rings is 1. The molecule has 2 amide bonds. The zero-order valence-electron chi connectivity index (χ0n) is 14.0. The van der Waals surface area contributed by atoms with Crippen molar-refractivity contribution in [2.75, 3.05) is 59.0 Å². The molecule has 0 unspecified atom stereocenters. The first-order valence-corrected chi connectivity index (χ1v) is 8.62. The van der Waals surface area contributed by atoms with Crippen molar-refractivity contribution in [2.45, 2.75) is 32.0 Å². The first-order chi connectivity index (χ1) is 11.1. The number of amides is 2. The van der Waals surface area contributed by atoms with Crippen molar-refractivity contribution in [1.29, 1.82) is 0 Å². The van der Waals surface area contributed by atoms with Crippen LogP contribution in [0.4, 0.5) is 0 Å². The smallest absolute Gasteiger partial charge is 0.223 e. The fourth-order valence-electron chi connectivity index (χ4n) is 3.59. The normalized spacial score (nSPS) is 25.1. The van der Waals surface area contributed by atoms with Crippen LogP contribution in [0.2, 0.25) is 0 Å². The predicted molar refractivity (Wildman–Crippen MR) is 83.8 cm³/mol. The van der Waals surface area contributed by atoms with Crippen LogP contribution in [0, 0.1) is 0 Å². The highest BCUT2D eigenvalue weighted by Crippen LogP contribution is 2.31. The Labute approximate surface area is 137 Å². The molecule has 0 bridgehead atoms. The molecule has 23 heavy (non-hydrogen) atoms. The predicted octanol–water partition coefficient (Wildman–Crippen LogP) is -0.0939. The van der Waals surface area contributed by atoms with Crippen LogP contribution in [0.1, 0.15) is 26.2 Å². The minimum Gasteiger partial charge on any atom is -0.347 e. The molecular weight excluding hydrogens is 298 g/mol. The van der Waals surface area contributed by atoms with Crippen LogP contribution in [0.15, 0.2) is 0 Å². The molecule has 0 radical (unpaired) electrons. The average molecular weight is 325 g/mol. The number of nitrogens with zero attached hydrogens (tertiary/aromatic N) is 3. The van der Waals surface area contributed by atoms with E-state index < -0.39 is 0 Å². The second-order valence-corrected chi connectivity index (χ2v) is 6.59. The Morgan fingerprint density at radius 1 is 0.913 bits per heavy atom. The summed E-state index contributed by atoms with van der Waals surface area (Å²) in [6.07, 6.45) is 2.33. The fourth-order valence-corrected chi connectivity index (χ4v) is 3.59. The Hall–Kier alpha value is -1.18. The number of carbonyl (C=O) groups excluding carboxylic acids is 2. The maximum atomic E-state index is 12.3. The maximum absolute atomic E-state index is 12.3. The molecule has 0 aliphatic carbocycles. The van der Waals surface area contributed by atoms with Crippen molar-refractivity contribution in [2.24, 2.45) is 0 Å². The molecule has 0 N–H and O–H groups in total. The van der Waals surface area contributed by atoms with Gasteiger partial charge in [0.05, 0.1) is 13.2 Å². The highest BCUT2D eigenvalue weighted by molar-refractivity contribution is 5.77. The molecular formula is C16H27N3O4. The molecule has 3 heterocycles. The van der Waals surface area contributed by atoms with Gasteiger partial charge in [0.25, 0.3) is 0 Å². The average Bonchev–Trinajstić information content (AvgIpc) is 3.02. The molecule has 3 aliphatic rings. The van der Waals surface area contributed by atoms with Gasteiger partial charge >= 0.3 is 0 Å². The van der Waals surface area contributed by atoms with Crippen LogP contribution in [0.5, 0.6) is 0 Å². The molecule has 3 aliphatic heterocycles. The minimum absolute atomic E-state index is 0.0932. The van der Waals surface area contributed by atoms with Gasteiger partial charge in [0.2, 0.25) is 11.8 Å². The molecule has 7 nitrogen and oxygen atoms in total. The summed E-state index contributed by atoms with van der Waals surface area (Å²) >= 11 is 0. The first kappa shape index (κ1) is 16.7. The molecule has 1 spiro atoms. The van der Waals surface area contributed by atoms with Gasteiger partial charge in [0, 0.05) is 72.0 Å². The van der Waals surface area contributed by atoms with Crippen LogP contribution in [0.25, 0.3) is 0 Å². The Bertz CT molecular complexity index is 433. The van der Waals surface area contributed by atoms with Crippen LogP contribution in [-0.4, -0.2) is 91.3 Å². The summed E-state index contributed by atoms with van der Waals surface area (Å²) in [5, 5.41) is 0. The van der Waals surface area contributed by atoms with E-state index >= 15 is 0 Å². The lowest BCUT2D eigenvalue weighted by atomic mass is 10.0. The van der Waals surface area contributed by atoms with Crippen molar-refractivity contribution >= 4 is 11.8 Å². The quantitative estimate of drug-likeness (QED) is 0.725. The molecule has 0 aromatic carbocycles. The number of rotatable bonds is 3. The lowest BCUT2D eigenvalue weighted by Gasteiger charge is -2.38. The van der Waals surface area contributed by atoms with Gasteiger partial charge in [0.1, 0.15) is 0 Å². The summed E-state index contributed by atoms with van der Waals surface area (Å²) < 4.78 is 11.4. The Kier molecular flexibility index (Phi) is 5.18. The van der Waals surface area contributed by atoms with Crippen molar-refractivity contribution in [3.05, 3.63) is 0 Å². The maximum Gasteiger partial charge on any atom is 0.223 e. The summed E-state index contributed by atoms with van der Waals surface area (Å²) in [6.45, 7) is 8.24. The van der Waals surface area contributed by atoms with Gasteiger partial charge in [-0.3, -0.25) is 9.59 Å². The SMILES string of the molecule is CC(=O)N1CCN(C(=O)CCN2CCC3(CC2)OCCO3)CC1. The highest BCUT2D eigenvalue weighted by Gasteiger charge is 2.39. The molecule has 3 saturated heterocycles. The van der Waals surface area contributed by atoms with Crippen LogP contribution >= 0.6 is 0 Å². The second-order valence-electron chi connectivity index (χ2n) is 6.59. The van der Waals surface area contributed by atoms with E-state index in [0.717, 1.165) is 32.5 Å². The van der Waals surface area contributed by atoms with Crippen molar-refractivity contribution < 1.29 is 19.1 Å². The van der Waals surface area contributed by atoms with Crippen LogP contribution in [0.3, 0.4) is 0 Å². The van der Waals surface area contributed by atoms with Crippen LogP contribution in [-0.2, 0) is 19.1 Å². The first-order valence-electron chi connectivity index (χ1n) is 8.62. The third-order valence-electron chi connectivity index (χ3n) is 5.15. The number of hydrogen-bond acceptors (Lipinski definition) is 5. The lowest BCUT2D eigenvalue weighted by Crippen LogP contribution is -2.51. The van der Waals surface area contributed by atoms with Gasteiger partial charge in [-0.05, 0) is 0 Å². The fraction of sp³-hybridized carbons (Fsp3) is 0.875. The lowest BCUT2D eigenvalue weighted by molar-refractivity contribution is -0.185. The van der Waals surface area contributed by atoms with Gasteiger partial charge in [-0.15, -0.1) is 0 Å². The molecule has 3 rings (SSSR count). The molecule has 130 valence electrons. The summed E-state index contributed by atoms with van der Waals surface area (Å²) in [5.41, 5.74) is 0. The van der Waals surface area contributed by atoms with Gasteiger partial charge in [-0.1, -0.05) is 0 Å². The number of ether oxygens (including phenoxy) is 2. The Morgan fingerprint density at radius 3 is 2.04 bits per heavy atom. The van der Waals surface area contributed by atoms with Crippen LogP contribution < -0.4 is 0 Å². The van der Waals surface area contributed by atoms with E-state index in [-0.39, 0.29) is 17.6 Å². The van der Waals surface area contributed by atoms with E-state index in [2.05, 4.69) is 4.90 Å². The van der Waals surface area contributed by atoms with Gasteiger partial charge in [0.15, 0.2) is 5.79 Å². The molecule has 0 aromatic heterocycles. The summed E-state index contributed by atoms with van der Waals surface area (Å²) in [7, 11) is 0. The summed E-state index contributed by atoms with van der Waals surface area (Å²) in [5.74, 6) is -0.0543. The zero-order chi connectivity index (χ0) is 16.3. The topological polar surface area (TPSA) is 62.3 Å². The summed E-state index contributed by atoms with van der Waals surface area (Å²) in [6, 6.07) is 0. The van der Waals surface area contributed by atoms with Crippen molar-refractivity contribution in [3.63, 3.8) is 0 Å². The van der Waals surface area contributed by atoms with E-state index in [1.807, 2.05) is 4.90 Å². The molecule has 7 heteroatoms. The summed E-state index contributed by atoms with van der Waals surface area (Å²) in [4.78, 5) is 29.6. The number of carbonyl (C=O) groups is 2. The zero-order valence-corrected chi connectivity index (χ0v) is 14.0. The Balaban J connectivity index is 1.36. The van der Waals surface area contributed by atoms with E-state index in [9.17, 15) is 9.59 Å². The molecule has 3 fully saturated rings. The van der Waals surface area contributed by atoms with Gasteiger partial charge in [-0.25, -0.2) is 0 Å². The third-order valence-corrected chi connectivity index (χ3v) is 5.15. The van der Waals surface area contributed by atoms with Gasteiger partial charge < -0.3 is 24.2 Å². The number of piperidine rings is 1. The Morgan fingerprint density at radius 2 is 1.48 bits per heavy atom. The molecule has 0 saturated carbocycles. The molecule has 0 aromatic rings. The van der Waals surface area contributed by atoms with E-state index in [0.29, 0.717) is 45.8 Å². The largest absolute Gasteiger partial charge is 0.347 e.